The maximum absolute atomic E-state index is 10.6. The van der Waals surface area contributed by atoms with Crippen molar-refractivity contribution in [2.75, 3.05) is 18.2 Å². The Morgan fingerprint density at radius 3 is 2.61 bits per heavy atom. The molecular weight excluding hydrogens is 412 g/mol. The fraction of sp³-hybridized carbons (Fsp3) is 0.318. The molecule has 0 fully saturated rings. The Hall–Kier alpha value is -3.04. The Balaban J connectivity index is 1.41. The van der Waals surface area contributed by atoms with Crippen LogP contribution in [0.2, 0.25) is 0 Å². The van der Waals surface area contributed by atoms with E-state index in [1.165, 1.54) is 27.6 Å². The third-order valence-corrected chi connectivity index (χ3v) is 6.22. The lowest BCUT2D eigenvalue weighted by Crippen LogP contribution is -2.19. The van der Waals surface area contributed by atoms with Crippen LogP contribution in [0.25, 0.3) is 22.4 Å². The van der Waals surface area contributed by atoms with Gasteiger partial charge in [0, 0.05) is 11.3 Å². The van der Waals surface area contributed by atoms with Crippen LogP contribution in [0.1, 0.15) is 18.1 Å². The Kier molecular flexibility index (Phi) is 6.15. The van der Waals surface area contributed by atoms with Gasteiger partial charge in [0.2, 0.25) is 5.16 Å². The number of benzene rings is 2. The molecular formula is C22H26N6O2S. The zero-order valence-electron chi connectivity index (χ0n) is 17.8. The van der Waals surface area contributed by atoms with Gasteiger partial charge in [-0.2, -0.15) is 0 Å². The van der Waals surface area contributed by atoms with Gasteiger partial charge in [-0.15, -0.1) is 10.2 Å². The molecule has 2 aromatic carbocycles. The van der Waals surface area contributed by atoms with Gasteiger partial charge in [-0.25, -0.2) is 9.66 Å². The second-order valence-corrected chi connectivity index (χ2v) is 8.41. The van der Waals surface area contributed by atoms with Crippen molar-refractivity contribution >= 4 is 22.8 Å². The van der Waals surface area contributed by atoms with Crippen LogP contribution in [0.15, 0.2) is 47.9 Å². The maximum atomic E-state index is 10.6. The summed E-state index contributed by atoms with van der Waals surface area (Å²) in [6, 6.07) is 11.7. The summed E-state index contributed by atoms with van der Waals surface area (Å²) >= 11 is 1.37. The molecule has 31 heavy (non-hydrogen) atoms. The SMILES string of the molecule is CCOc1ccc(-c2nnc(SCC(O)Cn3cnc4cc(C)c(C)cc43)n2N)cc1. The molecule has 0 aliphatic carbocycles. The molecule has 2 aromatic heterocycles. The van der Waals surface area contributed by atoms with E-state index >= 15 is 0 Å². The van der Waals surface area contributed by atoms with Crippen molar-refractivity contribution in [2.45, 2.75) is 38.6 Å². The monoisotopic (exact) mass is 438 g/mol. The smallest absolute Gasteiger partial charge is 0.210 e. The van der Waals surface area contributed by atoms with Gasteiger partial charge in [0.1, 0.15) is 5.75 Å². The number of imidazole rings is 1. The first-order valence-corrected chi connectivity index (χ1v) is 11.1. The van der Waals surface area contributed by atoms with Crippen LogP contribution in [0, 0.1) is 13.8 Å². The summed E-state index contributed by atoms with van der Waals surface area (Å²) in [4.78, 5) is 4.45. The van der Waals surface area contributed by atoms with E-state index in [1.807, 2.05) is 35.8 Å². The summed E-state index contributed by atoms with van der Waals surface area (Å²) in [5.74, 6) is 7.99. The van der Waals surface area contributed by atoms with E-state index < -0.39 is 6.10 Å². The van der Waals surface area contributed by atoms with Crippen LogP contribution in [0.5, 0.6) is 5.75 Å². The van der Waals surface area contributed by atoms with Gasteiger partial charge in [-0.3, -0.25) is 0 Å². The summed E-state index contributed by atoms with van der Waals surface area (Å²) in [5, 5.41) is 19.5. The molecule has 2 heterocycles. The normalized spacial score (nSPS) is 12.4. The van der Waals surface area contributed by atoms with Gasteiger partial charge >= 0.3 is 0 Å². The minimum absolute atomic E-state index is 0.434. The highest BCUT2D eigenvalue weighted by Gasteiger charge is 2.15. The summed E-state index contributed by atoms with van der Waals surface area (Å²) in [5.41, 5.74) is 5.22. The molecule has 0 aliphatic rings. The Labute approximate surface area is 185 Å². The van der Waals surface area contributed by atoms with Gasteiger partial charge in [0.15, 0.2) is 5.82 Å². The first-order valence-electron chi connectivity index (χ1n) is 10.1. The van der Waals surface area contributed by atoms with Gasteiger partial charge in [0.05, 0.1) is 36.6 Å². The number of aliphatic hydroxyl groups is 1. The Bertz CT molecular complexity index is 1180. The number of hydrogen-bond acceptors (Lipinski definition) is 7. The van der Waals surface area contributed by atoms with Crippen LogP contribution >= 0.6 is 11.8 Å². The van der Waals surface area contributed by atoms with Crippen molar-refractivity contribution in [2.24, 2.45) is 0 Å². The van der Waals surface area contributed by atoms with Crippen molar-refractivity contribution in [3.05, 3.63) is 53.9 Å². The highest BCUT2D eigenvalue weighted by atomic mass is 32.2. The van der Waals surface area contributed by atoms with Crippen LogP contribution in [0.3, 0.4) is 0 Å². The number of nitrogens with two attached hydrogens (primary N) is 1. The first kappa shape index (κ1) is 21.2. The van der Waals surface area contributed by atoms with E-state index in [1.54, 1.807) is 6.33 Å². The van der Waals surface area contributed by atoms with E-state index in [2.05, 4.69) is 41.2 Å². The fourth-order valence-electron chi connectivity index (χ4n) is 3.35. The number of fused-ring (bicyclic) bond motifs is 1. The molecule has 1 unspecified atom stereocenters. The number of thioether (sulfide) groups is 1. The Morgan fingerprint density at radius 2 is 1.87 bits per heavy atom. The maximum Gasteiger partial charge on any atom is 0.210 e. The van der Waals surface area contributed by atoms with E-state index in [0.717, 1.165) is 22.3 Å². The molecule has 4 rings (SSSR count). The van der Waals surface area contributed by atoms with Gasteiger partial charge < -0.3 is 20.3 Å². The average Bonchev–Trinajstić information content (AvgIpc) is 3.31. The van der Waals surface area contributed by atoms with E-state index in [0.29, 0.717) is 29.9 Å². The second-order valence-electron chi connectivity index (χ2n) is 7.42. The van der Waals surface area contributed by atoms with Gasteiger partial charge in [-0.1, -0.05) is 11.8 Å². The standard InChI is InChI=1S/C22H26N6O2S/c1-4-30-18-7-5-16(6-8-18)21-25-26-22(28(21)23)31-12-17(29)11-27-13-24-19-9-14(2)15(3)10-20(19)27/h5-10,13,17,29H,4,11-12,23H2,1-3H3. The highest BCUT2D eigenvalue weighted by Crippen LogP contribution is 2.25. The topological polar surface area (TPSA) is 104 Å². The largest absolute Gasteiger partial charge is 0.494 e. The summed E-state index contributed by atoms with van der Waals surface area (Å²) < 4.78 is 8.89. The molecule has 0 aliphatic heterocycles. The number of aliphatic hydroxyl groups excluding tert-OH is 1. The minimum atomic E-state index is -0.588. The van der Waals surface area contributed by atoms with Gasteiger partial charge in [-0.05, 0) is 68.3 Å². The van der Waals surface area contributed by atoms with Crippen LogP contribution in [-0.4, -0.2) is 48.0 Å². The third kappa shape index (κ3) is 4.52. The van der Waals surface area contributed by atoms with Crippen LogP contribution in [-0.2, 0) is 6.54 Å². The third-order valence-electron chi connectivity index (χ3n) is 5.14. The number of hydrogen-bond donors (Lipinski definition) is 2. The first-order chi connectivity index (χ1) is 15.0. The molecule has 0 saturated carbocycles. The summed E-state index contributed by atoms with van der Waals surface area (Å²) in [6.07, 6.45) is 1.18. The highest BCUT2D eigenvalue weighted by molar-refractivity contribution is 7.99. The van der Waals surface area contributed by atoms with Crippen molar-refractivity contribution in [3.63, 3.8) is 0 Å². The molecule has 0 radical (unpaired) electrons. The molecule has 0 spiro atoms. The fourth-order valence-corrected chi connectivity index (χ4v) is 4.12. The zero-order chi connectivity index (χ0) is 22.0. The number of nitrogen functional groups attached to an aromatic ring is 1. The molecule has 0 amide bonds. The number of nitrogens with zero attached hydrogens (tertiary/aromatic N) is 5. The summed E-state index contributed by atoms with van der Waals surface area (Å²) in [7, 11) is 0. The van der Waals surface area contributed by atoms with E-state index in [9.17, 15) is 5.11 Å². The van der Waals surface area contributed by atoms with Crippen molar-refractivity contribution in [3.8, 4) is 17.1 Å². The predicted molar refractivity (Wildman–Crippen MR) is 123 cm³/mol. The number of aromatic nitrogens is 5. The molecule has 3 N–H and O–H groups in total. The predicted octanol–water partition coefficient (Wildman–Crippen LogP) is 3.18. The number of aryl methyl sites for hydroxylation is 2. The molecule has 0 saturated heterocycles. The van der Waals surface area contributed by atoms with E-state index in [4.69, 9.17) is 10.6 Å². The summed E-state index contributed by atoms with van der Waals surface area (Å²) in [6.45, 7) is 7.15. The lowest BCUT2D eigenvalue weighted by molar-refractivity contribution is 0.179. The molecule has 1 atom stereocenters. The van der Waals surface area contributed by atoms with Crippen LogP contribution < -0.4 is 10.6 Å². The molecule has 4 aromatic rings. The number of rotatable bonds is 8. The quantitative estimate of drug-likeness (QED) is 0.322. The molecule has 0 bridgehead atoms. The van der Waals surface area contributed by atoms with Crippen molar-refractivity contribution in [1.29, 1.82) is 0 Å². The van der Waals surface area contributed by atoms with Crippen LogP contribution in [0.4, 0.5) is 0 Å². The lowest BCUT2D eigenvalue weighted by atomic mass is 10.1. The second kappa shape index (κ2) is 8.99. The van der Waals surface area contributed by atoms with Crippen molar-refractivity contribution in [1.82, 2.24) is 24.4 Å². The number of ether oxygens (including phenoxy) is 1. The minimum Gasteiger partial charge on any atom is -0.494 e. The average molecular weight is 439 g/mol. The molecule has 162 valence electrons. The molecule has 8 nitrogen and oxygen atoms in total. The van der Waals surface area contributed by atoms with Crippen molar-refractivity contribution < 1.29 is 9.84 Å². The zero-order valence-corrected chi connectivity index (χ0v) is 18.6. The Morgan fingerprint density at radius 1 is 1.13 bits per heavy atom. The van der Waals surface area contributed by atoms with E-state index in [-0.39, 0.29) is 0 Å². The van der Waals surface area contributed by atoms with Gasteiger partial charge in [0.25, 0.3) is 0 Å². The lowest BCUT2D eigenvalue weighted by Gasteiger charge is -2.12. The molecule has 9 heteroatoms.